The Labute approximate surface area is 206 Å². The fraction of sp³-hybridized carbons (Fsp3) is 0.200. The van der Waals surface area contributed by atoms with E-state index >= 15 is 0 Å². The van der Waals surface area contributed by atoms with E-state index in [2.05, 4.69) is 121 Å². The molecule has 0 aromatic heterocycles. The van der Waals surface area contributed by atoms with Crippen LogP contribution in [0.15, 0.2) is 121 Å². The van der Waals surface area contributed by atoms with Crippen molar-refractivity contribution in [1.82, 2.24) is 0 Å². The highest BCUT2D eigenvalue weighted by Crippen LogP contribution is 2.36. The van der Waals surface area contributed by atoms with E-state index in [1.165, 1.54) is 21.2 Å². The van der Waals surface area contributed by atoms with Crippen LogP contribution in [0.4, 0.5) is 0 Å². The zero-order chi connectivity index (χ0) is 23.3. The summed E-state index contributed by atoms with van der Waals surface area (Å²) in [5.74, 6) is 0. The highest BCUT2D eigenvalue weighted by Gasteiger charge is 2.15. The molecule has 0 amide bonds. The summed E-state index contributed by atoms with van der Waals surface area (Å²) in [5, 5.41) is 5.08. The summed E-state index contributed by atoms with van der Waals surface area (Å²) >= 11 is 0. The number of benzene rings is 4. The van der Waals surface area contributed by atoms with Crippen LogP contribution in [0.25, 0.3) is 0 Å². The zero-order valence-corrected chi connectivity index (χ0v) is 21.3. The predicted octanol–water partition coefficient (Wildman–Crippen LogP) is 6.68. The minimum Gasteiger partial charge on any atom is -0.350 e. The number of hydrogen-bond acceptors (Lipinski definition) is 2. The second kappa shape index (κ2) is 14.1. The topological polar surface area (TPSA) is 18.5 Å². The van der Waals surface area contributed by atoms with Crippen LogP contribution < -0.4 is 21.2 Å². The summed E-state index contributed by atoms with van der Waals surface area (Å²) in [6, 6.07) is 42.4. The van der Waals surface area contributed by atoms with Crippen LogP contribution in [0.1, 0.15) is 25.7 Å². The molecule has 0 spiro atoms. The standard InChI is InChI=1S/C30H32O2P2/c1(15-25-31-33(27-17-7-3-8-18-27)28-19-9-4-10-20-28)2-16-26-32-34(29-21-11-5-12-22-29)30-23-13-6-14-24-30/h3-14,17-24H,1-2,15-16,25-26H2. The van der Waals surface area contributed by atoms with E-state index < -0.39 is 16.3 Å². The smallest absolute Gasteiger partial charge is 0.0917 e. The van der Waals surface area contributed by atoms with Crippen molar-refractivity contribution in [2.45, 2.75) is 25.7 Å². The average Bonchev–Trinajstić information content (AvgIpc) is 2.92. The van der Waals surface area contributed by atoms with Crippen molar-refractivity contribution < 1.29 is 9.05 Å². The molecular weight excluding hydrogens is 454 g/mol. The van der Waals surface area contributed by atoms with Gasteiger partial charge >= 0.3 is 0 Å². The van der Waals surface area contributed by atoms with Crippen molar-refractivity contribution in [1.29, 1.82) is 0 Å². The fourth-order valence-corrected chi connectivity index (χ4v) is 7.31. The maximum Gasteiger partial charge on any atom is 0.0917 e. The summed E-state index contributed by atoms with van der Waals surface area (Å²) < 4.78 is 12.8. The molecule has 0 atom stereocenters. The van der Waals surface area contributed by atoms with Gasteiger partial charge in [0.25, 0.3) is 0 Å². The van der Waals surface area contributed by atoms with Crippen molar-refractivity contribution >= 4 is 37.5 Å². The largest absolute Gasteiger partial charge is 0.350 e. The lowest BCUT2D eigenvalue weighted by molar-refractivity contribution is 0.323. The Morgan fingerprint density at radius 1 is 0.353 bits per heavy atom. The predicted molar refractivity (Wildman–Crippen MR) is 149 cm³/mol. The molecule has 0 saturated heterocycles. The Balaban J connectivity index is 1.21. The molecule has 0 aliphatic rings. The van der Waals surface area contributed by atoms with Gasteiger partial charge in [0.2, 0.25) is 0 Å². The summed E-state index contributed by atoms with van der Waals surface area (Å²) in [4.78, 5) is 0. The van der Waals surface area contributed by atoms with Crippen LogP contribution in [0, 0.1) is 0 Å². The first-order valence-corrected chi connectivity index (χ1v) is 14.5. The van der Waals surface area contributed by atoms with Gasteiger partial charge in [-0.15, -0.1) is 0 Å². The molecule has 0 unspecified atom stereocenters. The number of rotatable bonds is 13. The molecule has 0 aliphatic carbocycles. The van der Waals surface area contributed by atoms with Gasteiger partial charge in [-0.1, -0.05) is 134 Å². The van der Waals surface area contributed by atoms with Gasteiger partial charge in [-0.3, -0.25) is 0 Å². The maximum atomic E-state index is 6.41. The van der Waals surface area contributed by atoms with Crippen molar-refractivity contribution in [3.05, 3.63) is 121 Å². The number of unbranched alkanes of at least 4 members (excludes halogenated alkanes) is 3. The Bertz CT molecular complexity index is 892. The highest BCUT2D eigenvalue weighted by molar-refractivity contribution is 7.68. The molecule has 4 rings (SSSR count). The summed E-state index contributed by atoms with van der Waals surface area (Å²) in [5.41, 5.74) is 0. The SMILES string of the molecule is c1ccc(P(OCCCCCCOP(c2ccccc2)c2ccccc2)c2ccccc2)cc1. The van der Waals surface area contributed by atoms with Gasteiger partial charge in [0, 0.05) is 21.2 Å². The third kappa shape index (κ3) is 7.59. The molecule has 4 aromatic rings. The van der Waals surface area contributed by atoms with Crippen molar-refractivity contribution in [3.8, 4) is 0 Å². The molecule has 34 heavy (non-hydrogen) atoms. The van der Waals surface area contributed by atoms with Crippen LogP contribution in [-0.2, 0) is 9.05 Å². The Kier molecular flexibility index (Phi) is 10.3. The highest BCUT2D eigenvalue weighted by atomic mass is 31.1. The molecule has 0 N–H and O–H groups in total. The van der Waals surface area contributed by atoms with Crippen LogP contribution in [-0.4, -0.2) is 13.2 Å². The molecule has 2 nitrogen and oxygen atoms in total. The summed E-state index contributed by atoms with van der Waals surface area (Å²) in [6.07, 6.45) is 4.46. The third-order valence-corrected chi connectivity index (χ3v) is 9.39. The molecule has 0 bridgehead atoms. The quantitative estimate of drug-likeness (QED) is 0.155. The van der Waals surface area contributed by atoms with Crippen LogP contribution in [0.2, 0.25) is 0 Å². The average molecular weight is 487 g/mol. The van der Waals surface area contributed by atoms with Gasteiger partial charge in [-0.2, -0.15) is 0 Å². The summed E-state index contributed by atoms with van der Waals surface area (Å²) in [7, 11) is -1.52. The second-order valence-electron chi connectivity index (χ2n) is 8.01. The van der Waals surface area contributed by atoms with E-state index in [-0.39, 0.29) is 0 Å². The lowest BCUT2D eigenvalue weighted by Gasteiger charge is -2.19. The van der Waals surface area contributed by atoms with E-state index in [0.717, 1.165) is 38.9 Å². The summed E-state index contributed by atoms with van der Waals surface area (Å²) in [6.45, 7) is 1.58. The van der Waals surface area contributed by atoms with Crippen LogP contribution >= 0.6 is 16.3 Å². The minimum atomic E-state index is -0.761. The van der Waals surface area contributed by atoms with Crippen molar-refractivity contribution in [3.63, 3.8) is 0 Å². The van der Waals surface area contributed by atoms with Gasteiger partial charge in [0.05, 0.1) is 29.5 Å². The van der Waals surface area contributed by atoms with Gasteiger partial charge in [0.15, 0.2) is 0 Å². The van der Waals surface area contributed by atoms with Gasteiger partial charge in [-0.25, -0.2) is 0 Å². The maximum absolute atomic E-state index is 6.41. The van der Waals surface area contributed by atoms with Gasteiger partial charge in [0.1, 0.15) is 0 Å². The molecule has 4 aromatic carbocycles. The molecule has 0 saturated carbocycles. The monoisotopic (exact) mass is 486 g/mol. The lowest BCUT2D eigenvalue weighted by Crippen LogP contribution is -2.14. The van der Waals surface area contributed by atoms with E-state index in [0.29, 0.717) is 0 Å². The first-order chi connectivity index (χ1) is 16.9. The van der Waals surface area contributed by atoms with Crippen molar-refractivity contribution in [2.75, 3.05) is 13.2 Å². The zero-order valence-electron chi connectivity index (χ0n) is 19.5. The molecule has 4 heteroatoms. The molecule has 0 heterocycles. The molecule has 0 aliphatic heterocycles. The number of hydrogen-bond donors (Lipinski definition) is 0. The molecule has 0 fully saturated rings. The first kappa shape index (κ1) is 24.8. The molecule has 174 valence electrons. The van der Waals surface area contributed by atoms with Gasteiger partial charge < -0.3 is 9.05 Å². The second-order valence-corrected chi connectivity index (χ2v) is 11.8. The fourth-order valence-electron chi connectivity index (χ4n) is 3.72. The van der Waals surface area contributed by atoms with E-state index in [1.807, 2.05) is 0 Å². The molecular formula is C30H32O2P2. The normalized spacial score (nSPS) is 11.2. The van der Waals surface area contributed by atoms with Crippen LogP contribution in [0.5, 0.6) is 0 Å². The Morgan fingerprint density at radius 3 is 0.882 bits per heavy atom. The first-order valence-electron chi connectivity index (χ1n) is 12.0. The van der Waals surface area contributed by atoms with Crippen molar-refractivity contribution in [2.24, 2.45) is 0 Å². The lowest BCUT2D eigenvalue weighted by atomic mass is 10.2. The van der Waals surface area contributed by atoms with E-state index in [1.54, 1.807) is 0 Å². The Hall–Kier alpha value is -2.34. The van der Waals surface area contributed by atoms with Crippen LogP contribution in [0.3, 0.4) is 0 Å². The van der Waals surface area contributed by atoms with E-state index in [9.17, 15) is 0 Å². The molecule has 0 radical (unpaired) electrons. The van der Waals surface area contributed by atoms with Gasteiger partial charge in [-0.05, 0) is 12.8 Å². The minimum absolute atomic E-state index is 0.761. The Morgan fingerprint density at radius 2 is 0.618 bits per heavy atom. The van der Waals surface area contributed by atoms with E-state index in [4.69, 9.17) is 9.05 Å². The third-order valence-electron chi connectivity index (χ3n) is 5.44.